The summed E-state index contributed by atoms with van der Waals surface area (Å²) in [6.07, 6.45) is 0. The fraction of sp³-hybridized carbons (Fsp3) is 0. The fourth-order valence-electron chi connectivity index (χ4n) is 2.79. The van der Waals surface area contributed by atoms with E-state index in [-0.39, 0.29) is 0 Å². The first-order chi connectivity index (χ1) is 11.9. The summed E-state index contributed by atoms with van der Waals surface area (Å²) in [6.45, 7) is 0. The number of aromatic nitrogens is 2. The molecular formula is C21H17N3. The van der Waals surface area contributed by atoms with Crippen molar-refractivity contribution in [2.45, 2.75) is 0 Å². The third-order valence-electron chi connectivity index (χ3n) is 3.93. The second-order valence-electron chi connectivity index (χ2n) is 5.55. The summed E-state index contributed by atoms with van der Waals surface area (Å²) in [5, 5.41) is 11.1. The Morgan fingerprint density at radius 1 is 0.625 bits per heavy atom. The van der Waals surface area contributed by atoms with E-state index in [4.69, 9.17) is 0 Å². The van der Waals surface area contributed by atoms with E-state index in [0.29, 0.717) is 0 Å². The highest BCUT2D eigenvalue weighted by molar-refractivity contribution is 5.90. The molecule has 0 fully saturated rings. The number of benzene rings is 3. The van der Waals surface area contributed by atoms with Crippen LogP contribution in [0.5, 0.6) is 0 Å². The normalized spacial score (nSPS) is 10.5. The lowest BCUT2D eigenvalue weighted by molar-refractivity contribution is 1.10. The summed E-state index contributed by atoms with van der Waals surface area (Å²) in [5.41, 5.74) is 5.35. The van der Waals surface area contributed by atoms with E-state index in [1.807, 2.05) is 66.7 Å². The van der Waals surface area contributed by atoms with Crippen molar-refractivity contribution in [3.05, 3.63) is 91.0 Å². The number of hydrogen-bond acceptors (Lipinski definition) is 2. The molecule has 2 N–H and O–H groups in total. The van der Waals surface area contributed by atoms with Gasteiger partial charge in [-0.05, 0) is 17.7 Å². The first-order valence-electron chi connectivity index (χ1n) is 7.93. The molecule has 0 atom stereocenters. The van der Waals surface area contributed by atoms with Crippen molar-refractivity contribution in [1.29, 1.82) is 0 Å². The van der Waals surface area contributed by atoms with Gasteiger partial charge in [0.15, 0.2) is 5.82 Å². The number of hydrogen-bond donors (Lipinski definition) is 2. The molecule has 4 rings (SSSR count). The molecule has 0 aliphatic heterocycles. The zero-order valence-electron chi connectivity index (χ0n) is 13.1. The molecule has 1 aromatic heterocycles. The summed E-state index contributed by atoms with van der Waals surface area (Å²) in [7, 11) is 0. The largest absolute Gasteiger partial charge is 0.338 e. The highest BCUT2D eigenvalue weighted by Gasteiger charge is 2.16. The van der Waals surface area contributed by atoms with Gasteiger partial charge in [-0.15, -0.1) is 0 Å². The molecular weight excluding hydrogens is 294 g/mol. The molecule has 0 unspecified atom stereocenters. The van der Waals surface area contributed by atoms with E-state index in [2.05, 4.69) is 39.8 Å². The second kappa shape index (κ2) is 6.42. The van der Waals surface area contributed by atoms with Crippen molar-refractivity contribution in [2.75, 3.05) is 5.32 Å². The molecule has 0 saturated carbocycles. The van der Waals surface area contributed by atoms with Crippen molar-refractivity contribution in [1.82, 2.24) is 10.2 Å². The average Bonchev–Trinajstić information content (AvgIpc) is 3.07. The SMILES string of the molecule is c1ccc(Nc2n[nH]c(-c3ccccc3)c2-c2ccccc2)cc1. The minimum atomic E-state index is 0.825. The minimum Gasteiger partial charge on any atom is -0.338 e. The molecule has 0 bridgehead atoms. The van der Waals surface area contributed by atoms with Gasteiger partial charge in [0.05, 0.1) is 11.3 Å². The van der Waals surface area contributed by atoms with Gasteiger partial charge < -0.3 is 5.32 Å². The van der Waals surface area contributed by atoms with Crippen LogP contribution < -0.4 is 5.32 Å². The maximum absolute atomic E-state index is 4.53. The lowest BCUT2D eigenvalue weighted by Gasteiger charge is -2.08. The van der Waals surface area contributed by atoms with Gasteiger partial charge in [0.25, 0.3) is 0 Å². The predicted molar refractivity (Wildman–Crippen MR) is 99.2 cm³/mol. The molecule has 0 aliphatic rings. The molecule has 3 nitrogen and oxygen atoms in total. The molecule has 0 radical (unpaired) electrons. The second-order valence-corrected chi connectivity index (χ2v) is 5.55. The minimum absolute atomic E-state index is 0.825. The standard InChI is InChI=1S/C21H17N3/c1-4-10-16(11-5-1)19-20(17-12-6-2-7-13-17)23-24-21(19)22-18-14-8-3-9-15-18/h1-15H,(H2,22,23,24). The molecule has 3 aromatic carbocycles. The average molecular weight is 311 g/mol. The molecule has 0 amide bonds. The van der Waals surface area contributed by atoms with Gasteiger partial charge in [0, 0.05) is 11.3 Å². The van der Waals surface area contributed by atoms with E-state index in [1.165, 1.54) is 0 Å². The number of anilines is 2. The van der Waals surface area contributed by atoms with Crippen LogP contribution in [0, 0.1) is 0 Å². The quantitative estimate of drug-likeness (QED) is 0.523. The summed E-state index contributed by atoms with van der Waals surface area (Å²) in [4.78, 5) is 0. The highest BCUT2D eigenvalue weighted by Crippen LogP contribution is 2.37. The summed E-state index contributed by atoms with van der Waals surface area (Å²) >= 11 is 0. The molecule has 3 heteroatoms. The third-order valence-corrected chi connectivity index (χ3v) is 3.93. The van der Waals surface area contributed by atoms with Gasteiger partial charge in [-0.2, -0.15) is 5.10 Å². The van der Waals surface area contributed by atoms with Crippen LogP contribution in [0.2, 0.25) is 0 Å². The van der Waals surface area contributed by atoms with E-state index < -0.39 is 0 Å². The van der Waals surface area contributed by atoms with Crippen LogP contribution >= 0.6 is 0 Å². The Kier molecular flexibility index (Phi) is 3.82. The van der Waals surface area contributed by atoms with E-state index >= 15 is 0 Å². The van der Waals surface area contributed by atoms with E-state index in [1.54, 1.807) is 0 Å². The van der Waals surface area contributed by atoms with E-state index in [0.717, 1.165) is 33.9 Å². The Hall–Kier alpha value is -3.33. The van der Waals surface area contributed by atoms with Gasteiger partial charge in [-0.1, -0.05) is 78.9 Å². The van der Waals surface area contributed by atoms with Crippen LogP contribution in [0.4, 0.5) is 11.5 Å². The number of rotatable bonds is 4. The lowest BCUT2D eigenvalue weighted by Crippen LogP contribution is -1.92. The molecule has 1 heterocycles. The van der Waals surface area contributed by atoms with Crippen LogP contribution in [-0.4, -0.2) is 10.2 Å². The van der Waals surface area contributed by atoms with Crippen molar-refractivity contribution in [3.8, 4) is 22.4 Å². The first kappa shape index (κ1) is 14.3. The van der Waals surface area contributed by atoms with Gasteiger partial charge in [-0.3, -0.25) is 5.10 Å². The van der Waals surface area contributed by atoms with Gasteiger partial charge in [-0.25, -0.2) is 0 Å². The van der Waals surface area contributed by atoms with Crippen LogP contribution in [0.25, 0.3) is 22.4 Å². The summed E-state index contributed by atoms with van der Waals surface area (Å²) in [5.74, 6) is 0.825. The lowest BCUT2D eigenvalue weighted by atomic mass is 10.0. The maximum atomic E-state index is 4.53. The smallest absolute Gasteiger partial charge is 0.160 e. The topological polar surface area (TPSA) is 40.7 Å². The maximum Gasteiger partial charge on any atom is 0.160 e. The van der Waals surface area contributed by atoms with Gasteiger partial charge in [0.2, 0.25) is 0 Å². The van der Waals surface area contributed by atoms with Crippen LogP contribution in [0.3, 0.4) is 0 Å². The van der Waals surface area contributed by atoms with Crippen molar-refractivity contribution in [3.63, 3.8) is 0 Å². The van der Waals surface area contributed by atoms with Crippen LogP contribution in [-0.2, 0) is 0 Å². The van der Waals surface area contributed by atoms with Crippen molar-refractivity contribution in [2.24, 2.45) is 0 Å². The van der Waals surface area contributed by atoms with Crippen molar-refractivity contribution < 1.29 is 0 Å². The number of nitrogens with one attached hydrogen (secondary N) is 2. The number of nitrogens with zero attached hydrogens (tertiary/aromatic N) is 1. The Bertz CT molecular complexity index is 913. The molecule has 0 spiro atoms. The molecule has 0 aliphatic carbocycles. The van der Waals surface area contributed by atoms with Gasteiger partial charge >= 0.3 is 0 Å². The zero-order valence-corrected chi connectivity index (χ0v) is 13.1. The predicted octanol–water partition coefficient (Wildman–Crippen LogP) is 5.49. The summed E-state index contributed by atoms with van der Waals surface area (Å²) in [6, 6.07) is 30.7. The number of H-pyrrole nitrogens is 1. The third kappa shape index (κ3) is 2.79. The zero-order chi connectivity index (χ0) is 16.2. The Balaban J connectivity index is 1.84. The van der Waals surface area contributed by atoms with E-state index in [9.17, 15) is 0 Å². The molecule has 0 saturated heterocycles. The molecule has 4 aromatic rings. The highest BCUT2D eigenvalue weighted by atomic mass is 15.2. The number of aromatic amines is 1. The Morgan fingerprint density at radius 2 is 1.17 bits per heavy atom. The Labute approximate surface area is 141 Å². The number of para-hydroxylation sites is 1. The fourth-order valence-corrected chi connectivity index (χ4v) is 2.79. The Morgan fingerprint density at radius 3 is 1.79 bits per heavy atom. The molecule has 116 valence electrons. The first-order valence-corrected chi connectivity index (χ1v) is 7.93. The monoisotopic (exact) mass is 311 g/mol. The van der Waals surface area contributed by atoms with Crippen molar-refractivity contribution >= 4 is 11.5 Å². The molecule has 24 heavy (non-hydrogen) atoms. The summed E-state index contributed by atoms with van der Waals surface area (Å²) < 4.78 is 0. The van der Waals surface area contributed by atoms with Crippen LogP contribution in [0.1, 0.15) is 0 Å². The van der Waals surface area contributed by atoms with Gasteiger partial charge in [0.1, 0.15) is 0 Å². The van der Waals surface area contributed by atoms with Crippen LogP contribution in [0.15, 0.2) is 91.0 Å².